The lowest BCUT2D eigenvalue weighted by Crippen LogP contribution is -2.28. The number of carbonyl (C=O) groups excluding carboxylic acids is 1. The molecule has 0 bridgehead atoms. The Labute approximate surface area is 122 Å². The maximum Gasteiger partial charge on any atom is 0.271 e. The van der Waals surface area contributed by atoms with E-state index in [-0.39, 0.29) is 5.91 Å². The monoisotopic (exact) mass is 293 g/mol. The molecule has 0 unspecified atom stereocenters. The van der Waals surface area contributed by atoms with E-state index >= 15 is 0 Å². The molecule has 2 aromatic rings. The van der Waals surface area contributed by atoms with E-state index in [9.17, 15) is 4.79 Å². The number of nitrogens with zero attached hydrogens (tertiary/aromatic N) is 3. The maximum absolute atomic E-state index is 12.2. The minimum absolute atomic E-state index is 0.182. The summed E-state index contributed by atoms with van der Waals surface area (Å²) in [5.41, 5.74) is 8.51. The number of nitrogens with two attached hydrogens (primary N) is 1. The predicted octanol–water partition coefficient (Wildman–Crippen LogP) is 1.53. The van der Waals surface area contributed by atoms with E-state index in [1.807, 2.05) is 19.2 Å². The summed E-state index contributed by atoms with van der Waals surface area (Å²) in [4.78, 5) is 16.5. The van der Waals surface area contributed by atoms with Gasteiger partial charge >= 0.3 is 0 Å². The second-order valence-corrected chi connectivity index (χ2v) is 5.49. The van der Waals surface area contributed by atoms with Gasteiger partial charge in [0.1, 0.15) is 5.69 Å². The third-order valence-electron chi connectivity index (χ3n) is 2.98. The molecule has 2 aromatic heterocycles. The van der Waals surface area contributed by atoms with Crippen LogP contribution in [0.1, 0.15) is 33.8 Å². The summed E-state index contributed by atoms with van der Waals surface area (Å²) in [6.07, 6.45) is 0.726. The van der Waals surface area contributed by atoms with Gasteiger partial charge in [0.05, 0.1) is 16.4 Å². The lowest BCUT2D eigenvalue weighted by atomic mass is 10.3. The van der Waals surface area contributed by atoms with Crippen molar-refractivity contribution >= 4 is 22.9 Å². The number of anilines is 1. The highest BCUT2D eigenvalue weighted by atomic mass is 32.1. The molecule has 1 amide bonds. The van der Waals surface area contributed by atoms with Crippen molar-refractivity contribution in [2.75, 3.05) is 12.3 Å². The van der Waals surface area contributed by atoms with E-state index in [1.54, 1.807) is 22.9 Å². The van der Waals surface area contributed by atoms with Crippen LogP contribution >= 0.6 is 11.3 Å². The lowest BCUT2D eigenvalue weighted by Gasteiger charge is -2.06. The van der Waals surface area contributed by atoms with Crippen molar-refractivity contribution in [2.45, 2.75) is 33.7 Å². The van der Waals surface area contributed by atoms with E-state index in [0.717, 1.165) is 17.1 Å². The van der Waals surface area contributed by atoms with Crippen LogP contribution in [0, 0.1) is 13.8 Å². The molecule has 3 N–H and O–H groups in total. The van der Waals surface area contributed by atoms with Crippen molar-refractivity contribution < 1.29 is 4.79 Å². The Balaban J connectivity index is 1.98. The van der Waals surface area contributed by atoms with Gasteiger partial charge in [-0.15, -0.1) is 11.3 Å². The number of carbonyl (C=O) groups is 1. The number of nitrogens with one attached hydrogen (secondary N) is 1. The molecular weight excluding hydrogens is 274 g/mol. The summed E-state index contributed by atoms with van der Waals surface area (Å²) in [6, 6.07) is 0. The molecule has 0 atom stereocenters. The van der Waals surface area contributed by atoms with Gasteiger partial charge in [0.2, 0.25) is 0 Å². The molecule has 0 aliphatic heterocycles. The molecule has 20 heavy (non-hydrogen) atoms. The standard InChI is InChI=1S/C13H19N5OS/c1-4-18-12(11(14)9(3)17-18)13(19)15-6-5-10-16-8(2)7-20-10/h7H,4-6,14H2,1-3H3,(H,15,19). The highest BCUT2D eigenvalue weighted by Crippen LogP contribution is 2.16. The Bertz CT molecular complexity index is 616. The summed E-state index contributed by atoms with van der Waals surface area (Å²) < 4.78 is 1.63. The van der Waals surface area contributed by atoms with Crippen molar-refractivity contribution in [1.29, 1.82) is 0 Å². The zero-order valence-corrected chi connectivity index (χ0v) is 12.8. The van der Waals surface area contributed by atoms with Crippen LogP contribution < -0.4 is 11.1 Å². The summed E-state index contributed by atoms with van der Waals surface area (Å²) in [7, 11) is 0. The number of hydrogen-bond donors (Lipinski definition) is 2. The van der Waals surface area contributed by atoms with Crippen LogP contribution in [0.3, 0.4) is 0 Å². The van der Waals surface area contributed by atoms with Crippen LogP contribution in [0.4, 0.5) is 5.69 Å². The molecule has 0 fully saturated rings. The second-order valence-electron chi connectivity index (χ2n) is 4.55. The molecule has 6 nitrogen and oxygen atoms in total. The first kappa shape index (κ1) is 14.5. The van der Waals surface area contributed by atoms with Crippen molar-refractivity contribution in [2.24, 2.45) is 0 Å². The van der Waals surface area contributed by atoms with Crippen molar-refractivity contribution in [1.82, 2.24) is 20.1 Å². The van der Waals surface area contributed by atoms with Gasteiger partial charge in [-0.25, -0.2) is 4.98 Å². The number of hydrogen-bond acceptors (Lipinski definition) is 5. The second kappa shape index (κ2) is 6.04. The Morgan fingerprint density at radius 2 is 2.25 bits per heavy atom. The van der Waals surface area contributed by atoms with E-state index in [4.69, 9.17) is 5.73 Å². The SMILES string of the molecule is CCn1nc(C)c(N)c1C(=O)NCCc1nc(C)cs1. The van der Waals surface area contributed by atoms with E-state index < -0.39 is 0 Å². The van der Waals surface area contributed by atoms with Crippen LogP contribution in [0.2, 0.25) is 0 Å². The zero-order chi connectivity index (χ0) is 14.7. The third-order valence-corrected chi connectivity index (χ3v) is 4.01. The molecule has 0 aliphatic rings. The number of amides is 1. The van der Waals surface area contributed by atoms with Gasteiger partial charge in [0.15, 0.2) is 0 Å². The van der Waals surface area contributed by atoms with Crippen molar-refractivity contribution in [3.8, 4) is 0 Å². The fraction of sp³-hybridized carbons (Fsp3) is 0.462. The molecule has 7 heteroatoms. The van der Waals surface area contributed by atoms with Crippen molar-refractivity contribution in [3.05, 3.63) is 27.5 Å². The molecule has 108 valence electrons. The van der Waals surface area contributed by atoms with Gasteiger partial charge in [0.25, 0.3) is 5.91 Å². The van der Waals surface area contributed by atoms with Gasteiger partial charge in [-0.1, -0.05) is 0 Å². The van der Waals surface area contributed by atoms with Gasteiger partial charge in [-0.05, 0) is 20.8 Å². The molecule has 0 saturated heterocycles. The number of aromatic nitrogens is 3. The number of rotatable bonds is 5. The van der Waals surface area contributed by atoms with Crippen LogP contribution in [0.25, 0.3) is 0 Å². The zero-order valence-electron chi connectivity index (χ0n) is 11.9. The van der Waals surface area contributed by atoms with Crippen LogP contribution in [0.5, 0.6) is 0 Å². The molecule has 0 aliphatic carbocycles. The third kappa shape index (κ3) is 2.98. The summed E-state index contributed by atoms with van der Waals surface area (Å²) >= 11 is 1.61. The molecule has 2 rings (SSSR count). The molecular formula is C13H19N5OS. The summed E-state index contributed by atoms with van der Waals surface area (Å²) in [6.45, 7) is 6.85. The minimum Gasteiger partial charge on any atom is -0.395 e. The van der Waals surface area contributed by atoms with E-state index in [2.05, 4.69) is 15.4 Å². The van der Waals surface area contributed by atoms with Gasteiger partial charge < -0.3 is 11.1 Å². The van der Waals surface area contributed by atoms with Gasteiger partial charge in [0, 0.05) is 30.6 Å². The van der Waals surface area contributed by atoms with Gasteiger partial charge in [-0.2, -0.15) is 5.10 Å². The average molecular weight is 293 g/mol. The van der Waals surface area contributed by atoms with Gasteiger partial charge in [-0.3, -0.25) is 9.48 Å². The summed E-state index contributed by atoms with van der Waals surface area (Å²) in [5, 5.41) is 10.1. The lowest BCUT2D eigenvalue weighted by molar-refractivity contribution is 0.0944. The maximum atomic E-state index is 12.2. The predicted molar refractivity (Wildman–Crippen MR) is 79.9 cm³/mol. The highest BCUT2D eigenvalue weighted by Gasteiger charge is 2.18. The fourth-order valence-electron chi connectivity index (χ4n) is 1.95. The molecule has 0 aromatic carbocycles. The highest BCUT2D eigenvalue weighted by molar-refractivity contribution is 7.09. The molecule has 2 heterocycles. The normalized spacial score (nSPS) is 10.8. The van der Waals surface area contributed by atoms with E-state index in [1.165, 1.54) is 0 Å². The molecule has 0 saturated carbocycles. The quantitative estimate of drug-likeness (QED) is 0.875. The smallest absolute Gasteiger partial charge is 0.271 e. The first-order valence-electron chi connectivity index (χ1n) is 6.55. The molecule has 0 radical (unpaired) electrons. The van der Waals surface area contributed by atoms with Crippen LogP contribution in [-0.4, -0.2) is 27.2 Å². The minimum atomic E-state index is -0.182. The number of thiazole rings is 1. The fourth-order valence-corrected chi connectivity index (χ4v) is 2.72. The Kier molecular flexibility index (Phi) is 4.39. The van der Waals surface area contributed by atoms with Crippen LogP contribution in [-0.2, 0) is 13.0 Å². The van der Waals surface area contributed by atoms with Crippen molar-refractivity contribution in [3.63, 3.8) is 0 Å². The summed E-state index contributed by atoms with van der Waals surface area (Å²) in [5.74, 6) is -0.182. The molecule has 0 spiro atoms. The topological polar surface area (TPSA) is 85.8 Å². The number of aryl methyl sites for hydroxylation is 3. The number of nitrogen functional groups attached to an aromatic ring is 1. The Morgan fingerprint density at radius 3 is 2.85 bits per heavy atom. The van der Waals surface area contributed by atoms with E-state index in [0.29, 0.717) is 30.2 Å². The first-order chi connectivity index (χ1) is 9.52. The van der Waals surface area contributed by atoms with Crippen LogP contribution in [0.15, 0.2) is 5.38 Å². The largest absolute Gasteiger partial charge is 0.395 e. The average Bonchev–Trinajstić information content (AvgIpc) is 2.94. The Morgan fingerprint density at radius 1 is 1.50 bits per heavy atom. The first-order valence-corrected chi connectivity index (χ1v) is 7.43. The Hall–Kier alpha value is -1.89.